The van der Waals surface area contributed by atoms with E-state index in [4.69, 9.17) is 4.74 Å². The smallest absolute Gasteiger partial charge is 0.238 e. The molecule has 1 saturated heterocycles. The van der Waals surface area contributed by atoms with Gasteiger partial charge in [0.15, 0.2) is 0 Å². The van der Waals surface area contributed by atoms with Crippen LogP contribution in [0, 0.1) is 0 Å². The number of ether oxygens (including phenoxy) is 1. The van der Waals surface area contributed by atoms with E-state index in [1.807, 2.05) is 6.07 Å². The van der Waals surface area contributed by atoms with Crippen LogP contribution < -0.4 is 15.4 Å². The topological polar surface area (TPSA) is 86.5 Å². The largest absolute Gasteiger partial charge is 0.497 e. The highest BCUT2D eigenvalue weighted by Gasteiger charge is 2.24. The Kier molecular flexibility index (Phi) is 6.23. The molecule has 1 aliphatic rings. The molecule has 31 heavy (non-hydrogen) atoms. The van der Waals surface area contributed by atoms with E-state index in [1.54, 1.807) is 31.4 Å². The Labute approximate surface area is 181 Å². The second-order valence-corrected chi connectivity index (χ2v) is 8.01. The quantitative estimate of drug-likeness (QED) is 0.564. The van der Waals surface area contributed by atoms with E-state index in [0.29, 0.717) is 18.2 Å². The Morgan fingerprint density at radius 3 is 2.39 bits per heavy atom. The first-order valence-corrected chi connectivity index (χ1v) is 10.6. The fraction of sp³-hybridized carbons (Fsp3) is 0.333. The summed E-state index contributed by atoms with van der Waals surface area (Å²) in [6.07, 6.45) is 4.15. The van der Waals surface area contributed by atoms with Crippen LogP contribution in [-0.4, -0.2) is 48.4 Å². The number of nitrogens with zero attached hydrogens (tertiary/aromatic N) is 1. The molecule has 0 aliphatic carbocycles. The van der Waals surface area contributed by atoms with Gasteiger partial charge in [0.25, 0.3) is 0 Å². The molecule has 0 saturated carbocycles. The van der Waals surface area contributed by atoms with Crippen LogP contribution in [0.15, 0.2) is 48.7 Å². The van der Waals surface area contributed by atoms with E-state index in [2.05, 4.69) is 38.8 Å². The highest BCUT2D eigenvalue weighted by molar-refractivity contribution is 5.93. The number of benzene rings is 2. The molecule has 2 heterocycles. The lowest BCUT2D eigenvalue weighted by Crippen LogP contribution is -2.38. The normalized spacial score (nSPS) is 15.0. The second kappa shape index (κ2) is 9.22. The number of hydrogen-bond acceptors (Lipinski definition) is 4. The Morgan fingerprint density at radius 1 is 1.06 bits per heavy atom. The van der Waals surface area contributed by atoms with Crippen LogP contribution in [0.1, 0.15) is 31.2 Å². The Hall–Kier alpha value is -3.32. The maximum absolute atomic E-state index is 12.5. The van der Waals surface area contributed by atoms with Crippen molar-refractivity contribution >= 4 is 34.1 Å². The van der Waals surface area contributed by atoms with Crippen molar-refractivity contribution in [2.45, 2.75) is 25.7 Å². The average molecular weight is 421 g/mol. The molecule has 7 heteroatoms. The van der Waals surface area contributed by atoms with Gasteiger partial charge in [-0.15, -0.1) is 0 Å². The molecule has 0 atom stereocenters. The SMILES string of the molecule is COc1ccc2[nH]cc(C3CCN(CC(=O)Nc4ccc(NC(C)=O)cc4)CC3)c2c1. The second-order valence-electron chi connectivity index (χ2n) is 8.01. The van der Waals surface area contributed by atoms with Gasteiger partial charge in [-0.1, -0.05) is 0 Å². The van der Waals surface area contributed by atoms with Gasteiger partial charge < -0.3 is 20.4 Å². The molecule has 1 fully saturated rings. The van der Waals surface area contributed by atoms with Crippen molar-refractivity contribution in [2.24, 2.45) is 0 Å². The van der Waals surface area contributed by atoms with Gasteiger partial charge >= 0.3 is 0 Å². The van der Waals surface area contributed by atoms with Gasteiger partial charge in [0, 0.05) is 35.4 Å². The molecule has 1 aromatic heterocycles. The number of fused-ring (bicyclic) bond motifs is 1. The van der Waals surface area contributed by atoms with Gasteiger partial charge in [0.1, 0.15) is 5.75 Å². The first-order valence-electron chi connectivity index (χ1n) is 10.6. The zero-order valence-electron chi connectivity index (χ0n) is 17.9. The number of nitrogens with one attached hydrogen (secondary N) is 3. The summed E-state index contributed by atoms with van der Waals surface area (Å²) < 4.78 is 5.38. The van der Waals surface area contributed by atoms with Crippen LogP contribution in [0.2, 0.25) is 0 Å². The van der Waals surface area contributed by atoms with Gasteiger partial charge in [-0.05, 0) is 79.9 Å². The fourth-order valence-corrected chi connectivity index (χ4v) is 4.23. The number of methoxy groups -OCH3 is 1. The molecule has 0 spiro atoms. The zero-order chi connectivity index (χ0) is 21.8. The van der Waals surface area contributed by atoms with Crippen molar-refractivity contribution in [3.8, 4) is 5.75 Å². The average Bonchev–Trinajstić information content (AvgIpc) is 3.18. The van der Waals surface area contributed by atoms with Crippen LogP contribution in [0.5, 0.6) is 5.75 Å². The van der Waals surface area contributed by atoms with E-state index in [1.165, 1.54) is 17.9 Å². The first-order chi connectivity index (χ1) is 15.0. The lowest BCUT2D eigenvalue weighted by molar-refractivity contribution is -0.117. The summed E-state index contributed by atoms with van der Waals surface area (Å²) in [5.74, 6) is 1.20. The molecule has 3 aromatic rings. The summed E-state index contributed by atoms with van der Waals surface area (Å²) in [6, 6.07) is 13.3. The highest BCUT2D eigenvalue weighted by Crippen LogP contribution is 2.34. The highest BCUT2D eigenvalue weighted by atomic mass is 16.5. The minimum absolute atomic E-state index is 0.0254. The van der Waals surface area contributed by atoms with Gasteiger partial charge in [-0.2, -0.15) is 0 Å². The Balaban J connectivity index is 1.30. The number of aromatic amines is 1. The zero-order valence-corrected chi connectivity index (χ0v) is 17.9. The summed E-state index contributed by atoms with van der Waals surface area (Å²) in [7, 11) is 1.69. The van der Waals surface area contributed by atoms with E-state index in [9.17, 15) is 9.59 Å². The third-order valence-electron chi connectivity index (χ3n) is 5.80. The van der Waals surface area contributed by atoms with Crippen LogP contribution in [-0.2, 0) is 9.59 Å². The van der Waals surface area contributed by atoms with Crippen LogP contribution in [0.3, 0.4) is 0 Å². The van der Waals surface area contributed by atoms with Gasteiger partial charge in [-0.3, -0.25) is 14.5 Å². The molecular weight excluding hydrogens is 392 g/mol. The number of anilines is 2. The van der Waals surface area contributed by atoms with Gasteiger partial charge in [0.2, 0.25) is 11.8 Å². The maximum Gasteiger partial charge on any atom is 0.238 e. The molecule has 162 valence electrons. The summed E-state index contributed by atoms with van der Waals surface area (Å²) in [6.45, 7) is 3.61. The van der Waals surface area contributed by atoms with Crippen LogP contribution in [0.4, 0.5) is 11.4 Å². The van der Waals surface area contributed by atoms with Crippen molar-refractivity contribution in [3.05, 3.63) is 54.2 Å². The Bertz CT molecular complexity index is 1070. The summed E-state index contributed by atoms with van der Waals surface area (Å²) >= 11 is 0. The number of amides is 2. The molecule has 2 aromatic carbocycles. The molecule has 4 rings (SSSR count). The Morgan fingerprint density at radius 2 is 1.74 bits per heavy atom. The number of H-pyrrole nitrogens is 1. The number of carbonyl (C=O) groups is 2. The molecular formula is C24H28N4O3. The molecule has 0 unspecified atom stereocenters. The summed E-state index contributed by atoms with van der Waals surface area (Å²) in [5, 5.41) is 6.87. The van der Waals surface area contributed by atoms with E-state index >= 15 is 0 Å². The first kappa shape index (κ1) is 20.9. The number of piperidine rings is 1. The maximum atomic E-state index is 12.5. The van der Waals surface area contributed by atoms with Crippen molar-refractivity contribution in [1.82, 2.24) is 9.88 Å². The van der Waals surface area contributed by atoms with Crippen molar-refractivity contribution in [3.63, 3.8) is 0 Å². The van der Waals surface area contributed by atoms with Crippen molar-refractivity contribution in [2.75, 3.05) is 37.4 Å². The van der Waals surface area contributed by atoms with Crippen molar-refractivity contribution < 1.29 is 14.3 Å². The predicted molar refractivity (Wildman–Crippen MR) is 123 cm³/mol. The third kappa shape index (κ3) is 5.06. The predicted octanol–water partition coefficient (Wildman–Crippen LogP) is 3.95. The monoisotopic (exact) mass is 420 g/mol. The van der Waals surface area contributed by atoms with Gasteiger partial charge in [-0.25, -0.2) is 0 Å². The molecule has 2 amide bonds. The number of rotatable bonds is 6. The fourth-order valence-electron chi connectivity index (χ4n) is 4.23. The van der Waals surface area contributed by atoms with E-state index < -0.39 is 0 Å². The number of hydrogen-bond donors (Lipinski definition) is 3. The summed E-state index contributed by atoms with van der Waals surface area (Å²) in [5.41, 5.74) is 3.89. The number of carbonyl (C=O) groups excluding carboxylic acids is 2. The van der Waals surface area contributed by atoms with Crippen molar-refractivity contribution in [1.29, 1.82) is 0 Å². The minimum atomic E-state index is -0.119. The third-order valence-corrected chi connectivity index (χ3v) is 5.80. The standard InChI is InChI=1S/C24H28N4O3/c1-16(29)26-18-3-5-19(6-4-18)27-24(30)15-28-11-9-17(10-12-28)22-14-25-23-8-7-20(31-2)13-21(22)23/h3-8,13-14,17,25H,9-12,15H2,1-2H3,(H,26,29)(H,27,30). The van der Waals surface area contributed by atoms with Crippen LogP contribution in [0.25, 0.3) is 10.9 Å². The molecule has 0 radical (unpaired) electrons. The molecule has 3 N–H and O–H groups in total. The molecule has 1 aliphatic heterocycles. The van der Waals surface area contributed by atoms with Crippen LogP contribution >= 0.6 is 0 Å². The van der Waals surface area contributed by atoms with E-state index in [-0.39, 0.29) is 11.8 Å². The van der Waals surface area contributed by atoms with Gasteiger partial charge in [0.05, 0.1) is 13.7 Å². The minimum Gasteiger partial charge on any atom is -0.497 e. The lowest BCUT2D eigenvalue weighted by Gasteiger charge is -2.31. The van der Waals surface area contributed by atoms with E-state index in [0.717, 1.165) is 42.9 Å². The lowest BCUT2D eigenvalue weighted by atomic mass is 9.89. The number of aromatic nitrogens is 1. The summed E-state index contributed by atoms with van der Waals surface area (Å²) in [4.78, 5) is 29.1. The molecule has 0 bridgehead atoms. The number of likely N-dealkylation sites (tertiary alicyclic amines) is 1. The molecule has 7 nitrogen and oxygen atoms in total.